The van der Waals surface area contributed by atoms with Crippen LogP contribution in [0.1, 0.15) is 33.9 Å². The lowest BCUT2D eigenvalue weighted by Crippen LogP contribution is -2.25. The third kappa shape index (κ3) is 3.90. The molecule has 0 radical (unpaired) electrons. The molecular weight excluding hydrogens is 418 g/mol. The number of benzene rings is 1. The maximum absolute atomic E-state index is 12.2. The van der Waals surface area contributed by atoms with E-state index in [1.54, 1.807) is 6.26 Å². The van der Waals surface area contributed by atoms with Gasteiger partial charge in [-0.3, -0.25) is 9.36 Å². The molecule has 1 aliphatic carbocycles. The molecule has 3 aromatic heterocycles. The molecule has 7 nitrogen and oxygen atoms in total. The van der Waals surface area contributed by atoms with E-state index in [1.165, 1.54) is 23.1 Å². The summed E-state index contributed by atoms with van der Waals surface area (Å²) >= 11 is 3.02. The molecule has 1 amide bonds. The number of hydrogen-bond acceptors (Lipinski definition) is 7. The van der Waals surface area contributed by atoms with Crippen LogP contribution in [0.15, 0.2) is 57.6 Å². The zero-order chi connectivity index (χ0) is 20.5. The van der Waals surface area contributed by atoms with Gasteiger partial charge in [0.25, 0.3) is 5.91 Å². The fourth-order valence-electron chi connectivity index (χ4n) is 3.06. The number of carbonyl (C=O) groups is 1. The normalized spacial score (nSPS) is 13.5. The number of thioether (sulfide) groups is 1. The first-order valence-corrected chi connectivity index (χ1v) is 11.5. The van der Waals surface area contributed by atoms with Crippen LogP contribution in [-0.4, -0.2) is 31.7 Å². The summed E-state index contributed by atoms with van der Waals surface area (Å²) in [6.07, 6.45) is 3.75. The molecule has 1 aromatic carbocycles. The predicted octanol–water partition coefficient (Wildman–Crippen LogP) is 4.48. The highest BCUT2D eigenvalue weighted by Gasteiger charge is 2.25. The molecule has 152 valence electrons. The fourth-order valence-corrected chi connectivity index (χ4v) is 4.79. The first-order chi connectivity index (χ1) is 14.7. The first-order valence-electron chi connectivity index (χ1n) is 9.62. The molecule has 1 saturated carbocycles. The highest BCUT2D eigenvalue weighted by molar-refractivity contribution is 7.98. The molecule has 1 aliphatic rings. The van der Waals surface area contributed by atoms with Gasteiger partial charge in [0.1, 0.15) is 10.7 Å². The van der Waals surface area contributed by atoms with Gasteiger partial charge in [-0.05, 0) is 43.5 Å². The Bertz CT molecular complexity index is 1180. The minimum absolute atomic E-state index is 0.0896. The van der Waals surface area contributed by atoms with E-state index in [0.717, 1.165) is 34.3 Å². The Balaban J connectivity index is 1.40. The molecule has 4 aromatic rings. The van der Waals surface area contributed by atoms with E-state index >= 15 is 0 Å². The highest BCUT2D eigenvalue weighted by atomic mass is 32.2. The van der Waals surface area contributed by atoms with Crippen molar-refractivity contribution in [2.45, 2.75) is 36.7 Å². The summed E-state index contributed by atoms with van der Waals surface area (Å²) in [5, 5.41) is 15.2. The fraction of sp³-hybridized carbons (Fsp3) is 0.238. The van der Waals surface area contributed by atoms with E-state index < -0.39 is 0 Å². The van der Waals surface area contributed by atoms with Crippen molar-refractivity contribution in [3.05, 3.63) is 64.3 Å². The number of aryl methyl sites for hydroxylation is 1. The third-order valence-corrected chi connectivity index (χ3v) is 6.72. The standard InChI is InChI=1S/C21H19N5O2S2/c1-13-5-2-3-6-16(13)26-19(17-7-4-10-28-17)24-25-21(26)30-12-18-23-15(11-29-18)20(27)22-14-8-9-14/h2-7,10-11,14H,8-9,12H2,1H3,(H,22,27). The van der Waals surface area contributed by atoms with Gasteiger partial charge in [-0.15, -0.1) is 21.5 Å². The van der Waals surface area contributed by atoms with Crippen molar-refractivity contribution in [2.24, 2.45) is 0 Å². The number of nitrogens with zero attached hydrogens (tertiary/aromatic N) is 4. The zero-order valence-corrected chi connectivity index (χ0v) is 17.9. The Morgan fingerprint density at radius 3 is 2.90 bits per heavy atom. The van der Waals surface area contributed by atoms with Crippen molar-refractivity contribution < 1.29 is 9.21 Å². The van der Waals surface area contributed by atoms with Crippen molar-refractivity contribution >= 4 is 29.0 Å². The van der Waals surface area contributed by atoms with Crippen LogP contribution in [-0.2, 0) is 5.75 Å². The number of carbonyl (C=O) groups excluding carboxylic acids is 1. The zero-order valence-electron chi connectivity index (χ0n) is 16.2. The number of hydrogen-bond donors (Lipinski definition) is 1. The lowest BCUT2D eigenvalue weighted by Gasteiger charge is -2.11. The van der Waals surface area contributed by atoms with Crippen LogP contribution >= 0.6 is 23.1 Å². The van der Waals surface area contributed by atoms with E-state index in [-0.39, 0.29) is 5.91 Å². The predicted molar refractivity (Wildman–Crippen MR) is 116 cm³/mol. The summed E-state index contributed by atoms with van der Waals surface area (Å²) in [5.74, 6) is 1.82. The molecule has 0 atom stereocenters. The van der Waals surface area contributed by atoms with Gasteiger partial charge in [0, 0.05) is 11.4 Å². The number of aromatic nitrogens is 4. The Labute approximate surface area is 181 Å². The number of para-hydroxylation sites is 1. The molecule has 30 heavy (non-hydrogen) atoms. The van der Waals surface area contributed by atoms with Crippen molar-refractivity contribution in [3.63, 3.8) is 0 Å². The SMILES string of the molecule is Cc1ccccc1-n1c(SCc2nc(C(=O)NC3CC3)cs2)nnc1-c1ccco1. The van der Waals surface area contributed by atoms with Crippen LogP contribution in [0, 0.1) is 6.92 Å². The molecule has 0 saturated heterocycles. The van der Waals surface area contributed by atoms with Gasteiger partial charge >= 0.3 is 0 Å². The second-order valence-corrected chi connectivity index (χ2v) is 8.95. The second kappa shape index (κ2) is 8.08. The summed E-state index contributed by atoms with van der Waals surface area (Å²) in [6, 6.07) is 12.1. The Morgan fingerprint density at radius 2 is 2.13 bits per heavy atom. The Hall–Kier alpha value is -2.91. The van der Waals surface area contributed by atoms with Crippen molar-refractivity contribution in [1.29, 1.82) is 0 Å². The maximum atomic E-state index is 12.2. The van der Waals surface area contributed by atoms with Gasteiger partial charge in [0.2, 0.25) is 5.82 Å². The lowest BCUT2D eigenvalue weighted by atomic mass is 10.2. The van der Waals surface area contributed by atoms with Gasteiger partial charge in [0.05, 0.1) is 17.7 Å². The van der Waals surface area contributed by atoms with Crippen LogP contribution in [0.5, 0.6) is 0 Å². The molecular formula is C21H19N5O2S2. The van der Waals surface area contributed by atoms with Crippen LogP contribution < -0.4 is 5.32 Å². The topological polar surface area (TPSA) is 85.8 Å². The average Bonchev–Trinajstić information content (AvgIpc) is 3.18. The molecule has 3 heterocycles. The molecule has 0 bridgehead atoms. The van der Waals surface area contributed by atoms with E-state index in [4.69, 9.17) is 4.42 Å². The van der Waals surface area contributed by atoms with Gasteiger partial charge in [-0.1, -0.05) is 30.0 Å². The minimum Gasteiger partial charge on any atom is -0.461 e. The molecule has 1 N–H and O–H groups in total. The van der Waals surface area contributed by atoms with Gasteiger partial charge in [-0.25, -0.2) is 4.98 Å². The Morgan fingerprint density at radius 1 is 1.27 bits per heavy atom. The number of thiazole rings is 1. The number of furan rings is 1. The molecule has 0 spiro atoms. The number of nitrogens with one attached hydrogen (secondary N) is 1. The quantitative estimate of drug-likeness (QED) is 0.429. The smallest absolute Gasteiger partial charge is 0.270 e. The van der Waals surface area contributed by atoms with Crippen LogP contribution in [0.2, 0.25) is 0 Å². The molecule has 0 unspecified atom stereocenters. The third-order valence-electron chi connectivity index (χ3n) is 4.75. The first kappa shape index (κ1) is 19.1. The Kier molecular flexibility index (Phi) is 5.14. The number of rotatable bonds is 7. The summed E-state index contributed by atoms with van der Waals surface area (Å²) in [5.41, 5.74) is 2.60. The molecule has 5 rings (SSSR count). The molecule has 0 aliphatic heterocycles. The van der Waals surface area contributed by atoms with Crippen LogP contribution in [0.4, 0.5) is 0 Å². The van der Waals surface area contributed by atoms with Crippen molar-refractivity contribution in [1.82, 2.24) is 25.1 Å². The van der Waals surface area contributed by atoms with E-state index in [0.29, 0.717) is 29.1 Å². The van der Waals surface area contributed by atoms with E-state index in [1.807, 2.05) is 40.3 Å². The largest absolute Gasteiger partial charge is 0.461 e. The molecule has 9 heteroatoms. The van der Waals surface area contributed by atoms with Crippen LogP contribution in [0.3, 0.4) is 0 Å². The van der Waals surface area contributed by atoms with Crippen molar-refractivity contribution in [3.8, 4) is 17.3 Å². The summed E-state index contributed by atoms with van der Waals surface area (Å²) < 4.78 is 7.58. The van der Waals surface area contributed by atoms with E-state index in [9.17, 15) is 4.79 Å². The van der Waals surface area contributed by atoms with E-state index in [2.05, 4.69) is 33.5 Å². The lowest BCUT2D eigenvalue weighted by molar-refractivity contribution is 0.0946. The highest BCUT2D eigenvalue weighted by Crippen LogP contribution is 2.31. The van der Waals surface area contributed by atoms with Crippen LogP contribution in [0.25, 0.3) is 17.3 Å². The molecule has 1 fully saturated rings. The van der Waals surface area contributed by atoms with Gasteiger partial charge < -0.3 is 9.73 Å². The maximum Gasteiger partial charge on any atom is 0.270 e. The monoisotopic (exact) mass is 437 g/mol. The van der Waals surface area contributed by atoms with Gasteiger partial charge in [-0.2, -0.15) is 0 Å². The summed E-state index contributed by atoms with van der Waals surface area (Å²) in [6.45, 7) is 2.06. The minimum atomic E-state index is -0.0896. The summed E-state index contributed by atoms with van der Waals surface area (Å²) in [4.78, 5) is 16.7. The summed E-state index contributed by atoms with van der Waals surface area (Å²) in [7, 11) is 0. The number of amides is 1. The van der Waals surface area contributed by atoms with Gasteiger partial charge in [0.15, 0.2) is 10.9 Å². The average molecular weight is 438 g/mol. The van der Waals surface area contributed by atoms with Crippen molar-refractivity contribution in [2.75, 3.05) is 0 Å². The second-order valence-electron chi connectivity index (χ2n) is 7.07.